The second-order valence-electron chi connectivity index (χ2n) is 3.76. The molecule has 1 atom stereocenters. The summed E-state index contributed by atoms with van der Waals surface area (Å²) in [5, 5.41) is 9.92. The lowest BCUT2D eigenvalue weighted by atomic mass is 10.0. The molecule has 0 spiro atoms. The van der Waals surface area contributed by atoms with E-state index >= 15 is 0 Å². The number of benzene rings is 1. The monoisotopic (exact) mass is 272 g/mol. The number of methoxy groups -OCH3 is 2. The molecule has 0 fully saturated rings. The second kappa shape index (κ2) is 5.31. The van der Waals surface area contributed by atoms with Crippen molar-refractivity contribution in [3.8, 4) is 17.2 Å². The van der Waals surface area contributed by atoms with E-state index in [-0.39, 0.29) is 36.0 Å². The van der Waals surface area contributed by atoms with Crippen LogP contribution in [0.2, 0.25) is 0 Å². The molecule has 1 aromatic carbocycles. The highest BCUT2D eigenvalue weighted by molar-refractivity contribution is 5.79. The summed E-state index contributed by atoms with van der Waals surface area (Å²) in [6.45, 7) is 0.481. The number of hydrogen-bond donors (Lipinski definition) is 1. The maximum absolute atomic E-state index is 13.8. The van der Waals surface area contributed by atoms with Crippen LogP contribution in [0.3, 0.4) is 0 Å². The van der Waals surface area contributed by atoms with Gasteiger partial charge >= 0.3 is 5.97 Å². The van der Waals surface area contributed by atoms with Gasteiger partial charge in [-0.3, -0.25) is 0 Å². The minimum absolute atomic E-state index is 0.0856. The van der Waals surface area contributed by atoms with Crippen LogP contribution in [0.15, 0.2) is 6.07 Å². The van der Waals surface area contributed by atoms with Crippen LogP contribution in [0.4, 0.5) is 4.39 Å². The number of carbonyl (C=O) groups is 1. The molecule has 104 valence electrons. The average molecular weight is 272 g/mol. The number of fused-ring (bicyclic) bond motifs is 1. The van der Waals surface area contributed by atoms with Crippen LogP contribution in [0.5, 0.6) is 17.2 Å². The van der Waals surface area contributed by atoms with Crippen LogP contribution in [-0.2, 0) is 9.53 Å². The Bertz CT molecular complexity index is 501. The number of rotatable bonds is 3. The Balaban J connectivity index is 2.60. The van der Waals surface area contributed by atoms with Crippen LogP contribution in [0.25, 0.3) is 0 Å². The minimum atomic E-state index is -1.72. The van der Waals surface area contributed by atoms with E-state index in [4.69, 9.17) is 14.2 Å². The number of hydrogen-bond acceptors (Lipinski definition) is 6. The van der Waals surface area contributed by atoms with Crippen LogP contribution in [-0.4, -0.2) is 38.5 Å². The van der Waals surface area contributed by atoms with E-state index in [2.05, 4.69) is 4.74 Å². The van der Waals surface area contributed by atoms with E-state index in [0.717, 1.165) is 13.2 Å². The van der Waals surface area contributed by atoms with Crippen LogP contribution in [0, 0.1) is 5.82 Å². The molecule has 7 heteroatoms. The number of aliphatic hydroxyl groups is 1. The number of ether oxygens (including phenoxy) is 4. The fourth-order valence-corrected chi connectivity index (χ4v) is 1.85. The summed E-state index contributed by atoms with van der Waals surface area (Å²) in [6, 6.07) is 1.08. The van der Waals surface area contributed by atoms with Gasteiger partial charge in [0.25, 0.3) is 0 Å². The third-order valence-corrected chi connectivity index (χ3v) is 2.68. The first kappa shape index (κ1) is 13.4. The van der Waals surface area contributed by atoms with Crippen molar-refractivity contribution in [3.05, 3.63) is 17.4 Å². The topological polar surface area (TPSA) is 74.2 Å². The summed E-state index contributed by atoms with van der Waals surface area (Å²) in [5.74, 6) is -1.78. The maximum atomic E-state index is 13.8. The zero-order valence-electron chi connectivity index (χ0n) is 10.4. The zero-order chi connectivity index (χ0) is 14.0. The van der Waals surface area contributed by atoms with Gasteiger partial charge in [-0.15, -0.1) is 0 Å². The quantitative estimate of drug-likeness (QED) is 0.821. The van der Waals surface area contributed by atoms with E-state index in [1.165, 1.54) is 7.11 Å². The number of esters is 1. The Morgan fingerprint density at radius 1 is 1.42 bits per heavy atom. The van der Waals surface area contributed by atoms with Gasteiger partial charge in [0.1, 0.15) is 13.2 Å². The molecule has 6 nitrogen and oxygen atoms in total. The van der Waals surface area contributed by atoms with E-state index in [9.17, 15) is 14.3 Å². The smallest absolute Gasteiger partial charge is 0.339 e. The first-order chi connectivity index (χ1) is 9.10. The fraction of sp³-hybridized carbons (Fsp3) is 0.417. The predicted octanol–water partition coefficient (Wildman–Crippen LogP) is 0.812. The Kier molecular flexibility index (Phi) is 3.75. The van der Waals surface area contributed by atoms with Gasteiger partial charge < -0.3 is 24.1 Å². The number of aliphatic hydroxyl groups excluding tert-OH is 1. The van der Waals surface area contributed by atoms with E-state index in [1.807, 2.05) is 0 Å². The molecule has 0 bridgehead atoms. The molecule has 0 aromatic heterocycles. The van der Waals surface area contributed by atoms with Crippen molar-refractivity contribution < 1.29 is 33.2 Å². The van der Waals surface area contributed by atoms with Gasteiger partial charge in [0, 0.05) is 6.07 Å². The molecule has 1 aromatic rings. The van der Waals surface area contributed by atoms with Gasteiger partial charge in [-0.05, 0) is 0 Å². The van der Waals surface area contributed by atoms with Crippen LogP contribution >= 0.6 is 0 Å². The molecule has 1 aliphatic heterocycles. The SMILES string of the molecule is COC(=O)C(O)c1c(OC)c(F)cc2c1OCCO2. The Morgan fingerprint density at radius 2 is 2.11 bits per heavy atom. The Labute approximate surface area is 108 Å². The van der Waals surface area contributed by atoms with Crippen molar-refractivity contribution in [3.63, 3.8) is 0 Å². The third-order valence-electron chi connectivity index (χ3n) is 2.68. The van der Waals surface area contributed by atoms with Gasteiger partial charge in [-0.2, -0.15) is 0 Å². The van der Waals surface area contributed by atoms with Crippen molar-refractivity contribution >= 4 is 5.97 Å². The minimum Gasteiger partial charge on any atom is -0.493 e. The molecule has 0 amide bonds. The molecule has 1 aliphatic rings. The number of carbonyl (C=O) groups excluding carboxylic acids is 1. The lowest BCUT2D eigenvalue weighted by molar-refractivity contribution is -0.150. The molecule has 19 heavy (non-hydrogen) atoms. The van der Waals surface area contributed by atoms with E-state index in [0.29, 0.717) is 0 Å². The summed E-state index contributed by atoms with van der Waals surface area (Å²) in [6.07, 6.45) is -1.72. The normalized spacial score (nSPS) is 14.7. The van der Waals surface area contributed by atoms with Gasteiger partial charge in [-0.1, -0.05) is 0 Å². The van der Waals surface area contributed by atoms with Crippen molar-refractivity contribution in [2.45, 2.75) is 6.10 Å². The summed E-state index contributed by atoms with van der Waals surface area (Å²) in [7, 11) is 2.34. The highest BCUT2D eigenvalue weighted by Crippen LogP contribution is 2.44. The van der Waals surface area contributed by atoms with E-state index < -0.39 is 17.9 Å². The van der Waals surface area contributed by atoms with Gasteiger partial charge in [0.05, 0.1) is 19.8 Å². The summed E-state index contributed by atoms with van der Waals surface area (Å²) in [4.78, 5) is 11.4. The molecule has 0 saturated heterocycles. The second-order valence-corrected chi connectivity index (χ2v) is 3.76. The van der Waals surface area contributed by atoms with Crippen molar-refractivity contribution in [1.82, 2.24) is 0 Å². The lowest BCUT2D eigenvalue weighted by Crippen LogP contribution is -2.21. The van der Waals surface area contributed by atoms with Crippen LogP contribution < -0.4 is 14.2 Å². The highest BCUT2D eigenvalue weighted by atomic mass is 19.1. The first-order valence-electron chi connectivity index (χ1n) is 5.52. The fourth-order valence-electron chi connectivity index (χ4n) is 1.85. The zero-order valence-corrected chi connectivity index (χ0v) is 10.4. The molecule has 1 N–H and O–H groups in total. The van der Waals surface area contributed by atoms with Crippen molar-refractivity contribution in [2.75, 3.05) is 27.4 Å². The average Bonchev–Trinajstić information content (AvgIpc) is 2.44. The van der Waals surface area contributed by atoms with Gasteiger partial charge in [-0.25, -0.2) is 9.18 Å². The summed E-state index contributed by atoms with van der Waals surface area (Å²) >= 11 is 0. The van der Waals surface area contributed by atoms with Gasteiger partial charge in [0.2, 0.25) is 0 Å². The third kappa shape index (κ3) is 2.28. The first-order valence-corrected chi connectivity index (χ1v) is 5.52. The summed E-state index contributed by atoms with van der Waals surface area (Å²) in [5.41, 5.74) is -0.135. The van der Waals surface area contributed by atoms with Gasteiger partial charge in [0.15, 0.2) is 29.2 Å². The molecule has 1 unspecified atom stereocenters. The predicted molar refractivity (Wildman–Crippen MR) is 60.9 cm³/mol. The lowest BCUT2D eigenvalue weighted by Gasteiger charge is -2.24. The largest absolute Gasteiger partial charge is 0.493 e. The maximum Gasteiger partial charge on any atom is 0.339 e. The van der Waals surface area contributed by atoms with E-state index in [1.54, 1.807) is 0 Å². The standard InChI is InChI=1S/C12H13FO6/c1-16-10-6(13)5-7-11(19-4-3-18-7)8(10)9(14)12(15)17-2/h5,9,14H,3-4H2,1-2H3. The van der Waals surface area contributed by atoms with Crippen molar-refractivity contribution in [1.29, 1.82) is 0 Å². The highest BCUT2D eigenvalue weighted by Gasteiger charge is 2.32. The van der Waals surface area contributed by atoms with Crippen molar-refractivity contribution in [2.24, 2.45) is 0 Å². The molecular weight excluding hydrogens is 259 g/mol. The summed E-state index contributed by atoms with van der Waals surface area (Å²) < 4.78 is 33.7. The molecule has 0 aliphatic carbocycles. The molecule has 2 rings (SSSR count). The molecular formula is C12H13FO6. The molecule has 0 saturated carbocycles. The van der Waals surface area contributed by atoms with Crippen LogP contribution in [0.1, 0.15) is 11.7 Å². The number of halogens is 1. The molecule has 1 heterocycles. The Morgan fingerprint density at radius 3 is 2.74 bits per heavy atom. The molecule has 0 radical (unpaired) electrons. The Hall–Kier alpha value is -2.02.